The molecule has 2 unspecified atom stereocenters. The number of hydrogen-bond donors (Lipinski definition) is 4. The van der Waals surface area contributed by atoms with E-state index in [2.05, 4.69) is 57.6 Å². The number of carbonyl (C=O) groups excluding carboxylic acids is 1. The molecule has 1 aliphatic heterocycles. The first-order valence-electron chi connectivity index (χ1n) is 11.3. The number of amides is 1. The van der Waals surface area contributed by atoms with Crippen LogP contribution in [0.25, 0.3) is 10.9 Å². The summed E-state index contributed by atoms with van der Waals surface area (Å²) in [5.41, 5.74) is 14.3. The van der Waals surface area contributed by atoms with Crippen molar-refractivity contribution in [2.75, 3.05) is 0 Å². The van der Waals surface area contributed by atoms with Crippen LogP contribution < -0.4 is 21.0 Å². The number of H-pyrrole nitrogens is 1. The number of nitrogens with zero attached hydrogens (tertiary/aromatic N) is 1. The van der Waals surface area contributed by atoms with E-state index in [0.717, 1.165) is 33.3 Å². The summed E-state index contributed by atoms with van der Waals surface area (Å²) in [5, 5.41) is 5.20. The van der Waals surface area contributed by atoms with Gasteiger partial charge in [0, 0.05) is 28.7 Å². The van der Waals surface area contributed by atoms with Gasteiger partial charge in [0.15, 0.2) is 0 Å². The average Bonchev–Trinajstić information content (AvgIpc) is 3.52. The van der Waals surface area contributed by atoms with Crippen LogP contribution in [0.3, 0.4) is 0 Å². The van der Waals surface area contributed by atoms with Gasteiger partial charge in [-0.25, -0.2) is 16.3 Å². The lowest BCUT2D eigenvalue weighted by Gasteiger charge is -2.11. The molecule has 1 amide bonds. The lowest BCUT2D eigenvalue weighted by Crippen LogP contribution is -2.41. The van der Waals surface area contributed by atoms with Crippen molar-refractivity contribution in [1.29, 1.82) is 0 Å². The molecule has 0 bridgehead atoms. The molecule has 34 heavy (non-hydrogen) atoms. The SMILES string of the molecule is Cc1ccc(COc2ccc(C3CC(C(=O)N/N=C/c4c[nH]c5ccccc45)NN3)cc2)cc1. The highest BCUT2D eigenvalue weighted by molar-refractivity contribution is 5.99. The summed E-state index contributed by atoms with van der Waals surface area (Å²) < 4.78 is 5.89. The van der Waals surface area contributed by atoms with E-state index in [4.69, 9.17) is 4.74 Å². The summed E-state index contributed by atoms with van der Waals surface area (Å²) in [5.74, 6) is 0.639. The Bertz CT molecular complexity index is 1290. The van der Waals surface area contributed by atoms with Gasteiger partial charge in [-0.3, -0.25) is 4.79 Å². The maximum absolute atomic E-state index is 12.6. The number of para-hydroxylation sites is 1. The predicted molar refractivity (Wildman–Crippen MR) is 133 cm³/mol. The van der Waals surface area contributed by atoms with Crippen molar-refractivity contribution in [3.05, 3.63) is 101 Å². The first-order chi connectivity index (χ1) is 16.7. The van der Waals surface area contributed by atoms with Crippen LogP contribution in [0, 0.1) is 6.92 Å². The van der Waals surface area contributed by atoms with Gasteiger partial charge in [0.05, 0.1) is 6.21 Å². The highest BCUT2D eigenvalue weighted by atomic mass is 16.5. The van der Waals surface area contributed by atoms with E-state index in [1.165, 1.54) is 5.56 Å². The molecule has 7 nitrogen and oxygen atoms in total. The van der Waals surface area contributed by atoms with Crippen LogP contribution in [-0.2, 0) is 11.4 Å². The van der Waals surface area contributed by atoms with Gasteiger partial charge in [-0.1, -0.05) is 60.2 Å². The number of hydrazone groups is 1. The molecule has 4 aromatic rings. The normalized spacial score (nSPS) is 17.9. The molecule has 1 aliphatic rings. The van der Waals surface area contributed by atoms with E-state index in [1.54, 1.807) is 6.21 Å². The highest BCUT2D eigenvalue weighted by Crippen LogP contribution is 2.25. The molecule has 1 aromatic heterocycles. The Morgan fingerprint density at radius 1 is 1.06 bits per heavy atom. The predicted octanol–water partition coefficient (Wildman–Crippen LogP) is 4.11. The standard InChI is InChI=1S/C27H27N5O2/c1-18-6-8-19(9-7-18)17-34-22-12-10-20(11-13-22)25-14-26(31-30-25)27(33)32-29-16-21-15-28-24-5-3-2-4-23(21)24/h2-13,15-16,25-26,28,30-31H,14,17H2,1H3,(H,32,33)/b29-16+. The van der Waals surface area contributed by atoms with Crippen LogP contribution in [0.4, 0.5) is 0 Å². The summed E-state index contributed by atoms with van der Waals surface area (Å²) in [6.45, 7) is 2.60. The van der Waals surface area contributed by atoms with Crippen molar-refractivity contribution in [2.24, 2.45) is 5.10 Å². The molecule has 0 aliphatic carbocycles. The second-order valence-corrected chi connectivity index (χ2v) is 8.50. The maximum Gasteiger partial charge on any atom is 0.258 e. The molecule has 172 valence electrons. The minimum absolute atomic E-state index is 0.0273. The Balaban J connectivity index is 1.12. The minimum Gasteiger partial charge on any atom is -0.489 e. The Kier molecular flexibility index (Phi) is 6.38. The Labute approximate surface area is 198 Å². The fourth-order valence-corrected chi connectivity index (χ4v) is 4.04. The van der Waals surface area contributed by atoms with Gasteiger partial charge in [0.1, 0.15) is 18.4 Å². The molecule has 4 N–H and O–H groups in total. The van der Waals surface area contributed by atoms with Crippen LogP contribution in [-0.4, -0.2) is 23.1 Å². The number of rotatable bonds is 7. The number of hydrazine groups is 1. The molecular weight excluding hydrogens is 426 g/mol. The van der Waals surface area contributed by atoms with Crippen LogP contribution in [0.5, 0.6) is 5.75 Å². The third kappa shape index (κ3) is 5.01. The van der Waals surface area contributed by atoms with E-state index in [9.17, 15) is 4.79 Å². The maximum atomic E-state index is 12.6. The Morgan fingerprint density at radius 2 is 1.85 bits per heavy atom. The largest absolute Gasteiger partial charge is 0.489 e. The van der Waals surface area contributed by atoms with Crippen molar-refractivity contribution >= 4 is 23.0 Å². The fraction of sp³-hybridized carbons (Fsp3) is 0.185. The van der Waals surface area contributed by atoms with Crippen molar-refractivity contribution in [3.8, 4) is 5.75 Å². The molecule has 0 saturated carbocycles. The zero-order valence-corrected chi connectivity index (χ0v) is 18.9. The quantitative estimate of drug-likeness (QED) is 0.250. The average molecular weight is 454 g/mol. The van der Waals surface area contributed by atoms with Crippen LogP contribution in [0.2, 0.25) is 0 Å². The zero-order valence-electron chi connectivity index (χ0n) is 18.9. The molecule has 0 radical (unpaired) electrons. The second-order valence-electron chi connectivity index (χ2n) is 8.50. The Hall–Kier alpha value is -3.94. The van der Waals surface area contributed by atoms with E-state index in [1.807, 2.05) is 54.7 Å². The molecular formula is C27H27N5O2. The number of aromatic nitrogens is 1. The summed E-state index contributed by atoms with van der Waals surface area (Å²) >= 11 is 0. The van der Waals surface area contributed by atoms with E-state index in [-0.39, 0.29) is 18.0 Å². The number of benzene rings is 3. The van der Waals surface area contributed by atoms with Gasteiger partial charge in [-0.2, -0.15) is 5.10 Å². The topological polar surface area (TPSA) is 90.5 Å². The number of carbonyl (C=O) groups is 1. The molecule has 7 heteroatoms. The molecule has 2 heterocycles. The van der Waals surface area contributed by atoms with Crippen molar-refractivity contribution < 1.29 is 9.53 Å². The van der Waals surface area contributed by atoms with Crippen LogP contribution in [0.15, 0.2) is 84.1 Å². The van der Waals surface area contributed by atoms with Crippen LogP contribution >= 0.6 is 0 Å². The number of nitrogens with one attached hydrogen (secondary N) is 4. The highest BCUT2D eigenvalue weighted by Gasteiger charge is 2.30. The summed E-state index contributed by atoms with van der Waals surface area (Å²) in [4.78, 5) is 15.7. The minimum atomic E-state index is -0.373. The third-order valence-corrected chi connectivity index (χ3v) is 6.03. The number of aromatic amines is 1. The van der Waals surface area contributed by atoms with Gasteiger partial charge in [0.25, 0.3) is 5.91 Å². The molecule has 3 aromatic carbocycles. The molecule has 0 spiro atoms. The second kappa shape index (κ2) is 9.91. The monoisotopic (exact) mass is 453 g/mol. The first-order valence-corrected chi connectivity index (χ1v) is 11.3. The molecule has 1 saturated heterocycles. The van der Waals surface area contributed by atoms with Gasteiger partial charge in [-0.05, 0) is 42.7 Å². The van der Waals surface area contributed by atoms with Crippen LogP contribution in [0.1, 0.15) is 34.7 Å². The summed E-state index contributed by atoms with van der Waals surface area (Å²) in [6.07, 6.45) is 4.16. The zero-order chi connectivity index (χ0) is 23.3. The first kappa shape index (κ1) is 21.9. The number of ether oxygens (including phenoxy) is 1. The van der Waals surface area contributed by atoms with Gasteiger partial charge < -0.3 is 9.72 Å². The molecule has 5 rings (SSSR count). The van der Waals surface area contributed by atoms with Crippen molar-refractivity contribution in [2.45, 2.75) is 32.0 Å². The van der Waals surface area contributed by atoms with E-state index >= 15 is 0 Å². The van der Waals surface area contributed by atoms with Gasteiger partial charge >= 0.3 is 0 Å². The lowest BCUT2D eigenvalue weighted by atomic mass is 10.0. The van der Waals surface area contributed by atoms with Gasteiger partial charge in [-0.15, -0.1) is 0 Å². The Morgan fingerprint density at radius 3 is 2.68 bits per heavy atom. The number of fused-ring (bicyclic) bond motifs is 1. The van der Waals surface area contributed by atoms with Crippen molar-refractivity contribution in [1.82, 2.24) is 21.3 Å². The summed E-state index contributed by atoms with van der Waals surface area (Å²) in [6, 6.07) is 23.9. The lowest BCUT2D eigenvalue weighted by molar-refractivity contribution is -0.122. The van der Waals surface area contributed by atoms with E-state index in [0.29, 0.717) is 13.0 Å². The summed E-state index contributed by atoms with van der Waals surface area (Å²) in [7, 11) is 0. The number of aryl methyl sites for hydroxylation is 1. The van der Waals surface area contributed by atoms with Gasteiger partial charge in [0.2, 0.25) is 0 Å². The van der Waals surface area contributed by atoms with Crippen molar-refractivity contribution in [3.63, 3.8) is 0 Å². The fourth-order valence-electron chi connectivity index (χ4n) is 4.04. The number of hydrogen-bond acceptors (Lipinski definition) is 5. The smallest absolute Gasteiger partial charge is 0.258 e. The molecule has 2 atom stereocenters. The molecule has 1 fully saturated rings. The third-order valence-electron chi connectivity index (χ3n) is 6.03. The van der Waals surface area contributed by atoms with E-state index < -0.39 is 0 Å².